The number of thiazole rings is 1. The molecular formula is C15H18N2S. The number of aryl methyl sites for hydroxylation is 1. The highest BCUT2D eigenvalue weighted by Gasteiger charge is 2.39. The van der Waals surface area contributed by atoms with Gasteiger partial charge in [-0.05, 0) is 25.8 Å². The second-order valence-electron chi connectivity index (χ2n) is 5.25. The highest BCUT2D eigenvalue weighted by atomic mass is 32.1. The fraction of sp³-hybridized carbons (Fsp3) is 0.400. The van der Waals surface area contributed by atoms with Crippen molar-refractivity contribution in [2.45, 2.75) is 31.6 Å². The van der Waals surface area contributed by atoms with Crippen LogP contribution in [0.15, 0.2) is 29.6 Å². The van der Waals surface area contributed by atoms with E-state index in [0.717, 1.165) is 12.2 Å². The number of nitrogens with zero attached hydrogens (tertiary/aromatic N) is 1. The van der Waals surface area contributed by atoms with Crippen LogP contribution in [-0.2, 0) is 5.41 Å². The van der Waals surface area contributed by atoms with Crippen LogP contribution in [-0.4, -0.2) is 11.5 Å². The highest BCUT2D eigenvalue weighted by molar-refractivity contribution is 7.10. The lowest BCUT2D eigenvalue weighted by molar-refractivity contribution is 0.252. The van der Waals surface area contributed by atoms with Crippen LogP contribution in [0.1, 0.15) is 29.8 Å². The van der Waals surface area contributed by atoms with Gasteiger partial charge in [-0.15, -0.1) is 11.3 Å². The van der Waals surface area contributed by atoms with E-state index in [1.54, 1.807) is 11.3 Å². The third kappa shape index (κ3) is 1.88. The minimum Gasteiger partial charge on any atom is -0.329 e. The molecule has 1 heterocycles. The molecule has 1 aromatic heterocycles. The Balaban J connectivity index is 1.94. The molecule has 3 heteroatoms. The number of benzene rings is 1. The molecule has 1 fully saturated rings. The molecule has 0 atom stereocenters. The molecule has 0 radical (unpaired) electrons. The van der Waals surface area contributed by atoms with Crippen molar-refractivity contribution in [1.29, 1.82) is 0 Å². The van der Waals surface area contributed by atoms with Crippen LogP contribution in [0.3, 0.4) is 0 Å². The van der Waals surface area contributed by atoms with E-state index in [1.165, 1.54) is 35.4 Å². The fourth-order valence-electron chi connectivity index (χ4n) is 2.56. The minimum absolute atomic E-state index is 0.187. The maximum atomic E-state index is 5.94. The second-order valence-corrected chi connectivity index (χ2v) is 6.10. The zero-order chi connectivity index (χ0) is 12.6. The van der Waals surface area contributed by atoms with E-state index in [-0.39, 0.29) is 5.41 Å². The van der Waals surface area contributed by atoms with Crippen LogP contribution in [0.5, 0.6) is 0 Å². The molecule has 0 amide bonds. The quantitative estimate of drug-likeness (QED) is 0.915. The molecule has 0 unspecified atom stereocenters. The molecule has 1 saturated carbocycles. The van der Waals surface area contributed by atoms with Crippen molar-refractivity contribution in [3.8, 4) is 11.3 Å². The van der Waals surface area contributed by atoms with Crippen molar-refractivity contribution in [3.63, 3.8) is 0 Å². The predicted octanol–water partition coefficient (Wildman–Crippen LogP) is 3.50. The van der Waals surface area contributed by atoms with Crippen molar-refractivity contribution in [2.75, 3.05) is 6.54 Å². The molecule has 0 saturated heterocycles. The third-order valence-corrected chi connectivity index (χ3v) is 5.06. The largest absolute Gasteiger partial charge is 0.329 e. The zero-order valence-electron chi connectivity index (χ0n) is 10.6. The third-order valence-electron chi connectivity index (χ3n) is 3.97. The summed E-state index contributed by atoms with van der Waals surface area (Å²) in [5, 5.41) is 3.40. The van der Waals surface area contributed by atoms with Gasteiger partial charge in [0, 0.05) is 22.9 Å². The summed E-state index contributed by atoms with van der Waals surface area (Å²) in [5.74, 6) is 0. The molecule has 2 aromatic rings. The van der Waals surface area contributed by atoms with Crippen molar-refractivity contribution in [2.24, 2.45) is 5.73 Å². The Morgan fingerprint density at radius 2 is 2.22 bits per heavy atom. The predicted molar refractivity (Wildman–Crippen MR) is 76.9 cm³/mol. The normalized spacial score (nSPS) is 17.4. The van der Waals surface area contributed by atoms with Crippen LogP contribution < -0.4 is 5.73 Å². The van der Waals surface area contributed by atoms with Crippen LogP contribution in [0, 0.1) is 6.92 Å². The van der Waals surface area contributed by atoms with E-state index in [1.807, 2.05) is 0 Å². The standard InChI is InChI=1S/C15H18N2S/c1-11-4-2-5-12(8-11)13-9-18-14(17-13)15(10-16)6-3-7-15/h2,4-5,8-9H,3,6-7,10,16H2,1H3. The van der Waals surface area contributed by atoms with E-state index in [4.69, 9.17) is 10.7 Å². The average Bonchev–Trinajstić information content (AvgIpc) is 2.78. The molecule has 0 aliphatic heterocycles. The van der Waals surface area contributed by atoms with Crippen molar-refractivity contribution >= 4 is 11.3 Å². The number of nitrogens with two attached hydrogens (primary N) is 1. The fourth-order valence-corrected chi connectivity index (χ4v) is 3.66. The lowest BCUT2D eigenvalue weighted by Crippen LogP contribution is -2.41. The Bertz CT molecular complexity index is 550. The first-order valence-electron chi connectivity index (χ1n) is 6.47. The van der Waals surface area contributed by atoms with Gasteiger partial charge in [0.05, 0.1) is 5.69 Å². The maximum Gasteiger partial charge on any atom is 0.101 e. The molecular weight excluding hydrogens is 240 g/mol. The number of aromatic nitrogens is 1. The molecule has 0 bridgehead atoms. The first-order chi connectivity index (χ1) is 8.73. The van der Waals surface area contributed by atoms with Gasteiger partial charge in [0.1, 0.15) is 5.01 Å². The summed E-state index contributed by atoms with van der Waals surface area (Å²) in [6.45, 7) is 2.85. The van der Waals surface area contributed by atoms with Gasteiger partial charge >= 0.3 is 0 Å². The van der Waals surface area contributed by atoms with Gasteiger partial charge in [-0.2, -0.15) is 0 Å². The van der Waals surface area contributed by atoms with Crippen LogP contribution >= 0.6 is 11.3 Å². The van der Waals surface area contributed by atoms with Gasteiger partial charge in [-0.3, -0.25) is 0 Å². The molecule has 3 rings (SSSR count). The Morgan fingerprint density at radius 1 is 1.39 bits per heavy atom. The number of rotatable bonds is 3. The molecule has 0 spiro atoms. The highest BCUT2D eigenvalue weighted by Crippen LogP contribution is 2.44. The number of hydrogen-bond acceptors (Lipinski definition) is 3. The first kappa shape index (κ1) is 11.9. The summed E-state index contributed by atoms with van der Waals surface area (Å²) in [4.78, 5) is 4.83. The first-order valence-corrected chi connectivity index (χ1v) is 7.35. The Labute approximate surface area is 112 Å². The molecule has 1 aliphatic carbocycles. The van der Waals surface area contributed by atoms with Gasteiger partial charge in [-0.25, -0.2) is 4.98 Å². The monoisotopic (exact) mass is 258 g/mol. The molecule has 2 N–H and O–H groups in total. The summed E-state index contributed by atoms with van der Waals surface area (Å²) >= 11 is 1.77. The zero-order valence-corrected chi connectivity index (χ0v) is 11.5. The summed E-state index contributed by atoms with van der Waals surface area (Å²) < 4.78 is 0. The second kappa shape index (κ2) is 4.48. The molecule has 2 nitrogen and oxygen atoms in total. The molecule has 1 aromatic carbocycles. The van der Waals surface area contributed by atoms with Crippen molar-refractivity contribution in [3.05, 3.63) is 40.2 Å². The molecule has 1 aliphatic rings. The van der Waals surface area contributed by atoms with E-state index in [0.29, 0.717) is 0 Å². The smallest absolute Gasteiger partial charge is 0.101 e. The van der Waals surface area contributed by atoms with Crippen LogP contribution in [0.4, 0.5) is 0 Å². The SMILES string of the molecule is Cc1cccc(-c2csc(C3(CN)CCC3)n2)c1. The van der Waals surface area contributed by atoms with Gasteiger partial charge in [0.15, 0.2) is 0 Å². The minimum atomic E-state index is 0.187. The summed E-state index contributed by atoms with van der Waals surface area (Å²) in [5.41, 5.74) is 9.71. The lowest BCUT2D eigenvalue weighted by Gasteiger charge is -2.38. The summed E-state index contributed by atoms with van der Waals surface area (Å²) in [6, 6.07) is 8.52. The van der Waals surface area contributed by atoms with Gasteiger partial charge in [0.2, 0.25) is 0 Å². The van der Waals surface area contributed by atoms with Crippen LogP contribution in [0.2, 0.25) is 0 Å². The number of hydrogen-bond donors (Lipinski definition) is 1. The maximum absolute atomic E-state index is 5.94. The topological polar surface area (TPSA) is 38.9 Å². The summed E-state index contributed by atoms with van der Waals surface area (Å²) in [6.07, 6.45) is 3.69. The van der Waals surface area contributed by atoms with E-state index in [2.05, 4.69) is 36.6 Å². The summed E-state index contributed by atoms with van der Waals surface area (Å²) in [7, 11) is 0. The Kier molecular flexibility index (Phi) is 2.96. The van der Waals surface area contributed by atoms with Crippen LogP contribution in [0.25, 0.3) is 11.3 Å². The van der Waals surface area contributed by atoms with E-state index in [9.17, 15) is 0 Å². The van der Waals surface area contributed by atoms with E-state index < -0.39 is 0 Å². The van der Waals surface area contributed by atoms with E-state index >= 15 is 0 Å². The molecule has 94 valence electrons. The van der Waals surface area contributed by atoms with Gasteiger partial charge in [-0.1, -0.05) is 30.2 Å². The van der Waals surface area contributed by atoms with Gasteiger partial charge in [0.25, 0.3) is 0 Å². The molecule has 18 heavy (non-hydrogen) atoms. The Morgan fingerprint density at radius 3 is 2.83 bits per heavy atom. The lowest BCUT2D eigenvalue weighted by atomic mass is 9.69. The average molecular weight is 258 g/mol. The Hall–Kier alpha value is -1.19. The van der Waals surface area contributed by atoms with Crippen molar-refractivity contribution in [1.82, 2.24) is 4.98 Å². The van der Waals surface area contributed by atoms with Crippen molar-refractivity contribution < 1.29 is 0 Å². The van der Waals surface area contributed by atoms with Gasteiger partial charge < -0.3 is 5.73 Å².